The molecule has 1 aliphatic heterocycles. The number of anilines is 1. The number of nitrogens with zero attached hydrogens (tertiary/aromatic N) is 2. The van der Waals surface area contributed by atoms with Crippen molar-refractivity contribution in [1.29, 1.82) is 0 Å². The van der Waals surface area contributed by atoms with E-state index in [-0.39, 0.29) is 17.9 Å². The lowest BCUT2D eigenvalue weighted by atomic mass is 10.1. The number of aliphatic hydroxyl groups is 1. The van der Waals surface area contributed by atoms with Crippen LogP contribution in [0.15, 0.2) is 59.6 Å². The minimum Gasteiger partial charge on any atom is -0.454 e. The lowest BCUT2D eigenvalue weighted by molar-refractivity contribution is -0.150. The molecule has 1 saturated heterocycles. The van der Waals surface area contributed by atoms with Crippen LogP contribution in [-0.4, -0.2) is 60.0 Å². The number of ether oxygens (including phenoxy) is 1. The van der Waals surface area contributed by atoms with Crippen LogP contribution in [0.25, 0.3) is 10.9 Å². The Balaban J connectivity index is 1.45. The van der Waals surface area contributed by atoms with Gasteiger partial charge in [-0.25, -0.2) is 8.42 Å². The smallest absolute Gasteiger partial charge is 0.325 e. The summed E-state index contributed by atoms with van der Waals surface area (Å²) in [5.74, 6) is -1.47. The Hall–Kier alpha value is -3.34. The molecular formula is C24H25N3O6S. The number of carbonyl (C=O) groups excluding carboxylic acids is 2. The molecule has 4 rings (SSSR count). The molecule has 34 heavy (non-hydrogen) atoms. The van der Waals surface area contributed by atoms with Crippen LogP contribution in [-0.2, 0) is 24.3 Å². The number of hydrogen-bond acceptors (Lipinski definition) is 7. The molecule has 9 nitrogen and oxygen atoms in total. The standard InChI is InChI=1S/C24H25N3O6S/c1-15-8-9-18(11-16(15)2)34(31,32)27-13-17(28)12-22(27)24(30)33-14-23(29)26-21-7-3-6-20-19(21)5-4-10-25-20/h3-11,17,22,28H,12-14H2,1-2H3,(H,26,29)/t17?,22-/m0/s1. The fourth-order valence-electron chi connectivity index (χ4n) is 3.91. The molecule has 1 aliphatic rings. The highest BCUT2D eigenvalue weighted by Crippen LogP contribution is 2.28. The number of fused-ring (bicyclic) bond motifs is 1. The van der Waals surface area contributed by atoms with Crippen molar-refractivity contribution in [3.63, 3.8) is 0 Å². The van der Waals surface area contributed by atoms with Crippen LogP contribution < -0.4 is 5.32 Å². The summed E-state index contributed by atoms with van der Waals surface area (Å²) in [4.78, 5) is 29.4. The molecule has 3 aromatic rings. The van der Waals surface area contributed by atoms with E-state index < -0.39 is 40.7 Å². The topological polar surface area (TPSA) is 126 Å². The van der Waals surface area contributed by atoms with Crippen LogP contribution in [0.1, 0.15) is 17.5 Å². The van der Waals surface area contributed by atoms with E-state index in [1.165, 1.54) is 12.1 Å². The number of esters is 1. The van der Waals surface area contributed by atoms with E-state index in [0.29, 0.717) is 11.2 Å². The van der Waals surface area contributed by atoms with Crippen LogP contribution in [0.3, 0.4) is 0 Å². The Morgan fingerprint density at radius 2 is 1.94 bits per heavy atom. The van der Waals surface area contributed by atoms with Crippen LogP contribution in [0.5, 0.6) is 0 Å². The van der Waals surface area contributed by atoms with Crippen molar-refractivity contribution < 1.29 is 27.9 Å². The van der Waals surface area contributed by atoms with Crippen molar-refractivity contribution in [2.45, 2.75) is 37.3 Å². The van der Waals surface area contributed by atoms with Crippen molar-refractivity contribution >= 4 is 38.5 Å². The Morgan fingerprint density at radius 3 is 2.71 bits per heavy atom. The molecule has 1 unspecified atom stereocenters. The molecule has 2 N–H and O–H groups in total. The molecule has 2 heterocycles. The largest absolute Gasteiger partial charge is 0.454 e. The van der Waals surface area contributed by atoms with Gasteiger partial charge in [0.2, 0.25) is 10.0 Å². The zero-order valence-corrected chi connectivity index (χ0v) is 19.6. The number of β-amino-alcohol motifs (C(OH)–C–C–N with tert-alkyl or cyclic N) is 1. The molecule has 0 bridgehead atoms. The number of pyridine rings is 1. The maximum Gasteiger partial charge on any atom is 0.325 e. The molecule has 1 amide bonds. The van der Waals surface area contributed by atoms with Gasteiger partial charge < -0.3 is 15.2 Å². The van der Waals surface area contributed by atoms with Crippen LogP contribution in [0.4, 0.5) is 5.69 Å². The van der Waals surface area contributed by atoms with Gasteiger partial charge in [0.15, 0.2) is 6.61 Å². The van der Waals surface area contributed by atoms with Crippen molar-refractivity contribution in [3.05, 3.63) is 65.9 Å². The molecule has 0 saturated carbocycles. The molecule has 2 atom stereocenters. The summed E-state index contributed by atoms with van der Waals surface area (Å²) in [7, 11) is -4.05. The lowest BCUT2D eigenvalue weighted by Gasteiger charge is -2.22. The van der Waals surface area contributed by atoms with Gasteiger partial charge in [0, 0.05) is 24.5 Å². The summed E-state index contributed by atoms with van der Waals surface area (Å²) >= 11 is 0. The number of aromatic nitrogens is 1. The summed E-state index contributed by atoms with van der Waals surface area (Å²) in [5.41, 5.74) is 2.94. The number of benzene rings is 2. The van der Waals surface area contributed by atoms with E-state index in [1.54, 1.807) is 49.5 Å². The summed E-state index contributed by atoms with van der Waals surface area (Å²) < 4.78 is 32.5. The minimum absolute atomic E-state index is 0.0322. The molecule has 1 aromatic heterocycles. The highest BCUT2D eigenvalue weighted by molar-refractivity contribution is 7.89. The number of nitrogens with one attached hydrogen (secondary N) is 1. The first-order valence-corrected chi connectivity index (χ1v) is 12.2. The van der Waals surface area contributed by atoms with Gasteiger partial charge in [-0.2, -0.15) is 4.31 Å². The highest BCUT2D eigenvalue weighted by atomic mass is 32.2. The first-order valence-electron chi connectivity index (χ1n) is 10.7. The van der Waals surface area contributed by atoms with Crippen molar-refractivity contribution in [2.24, 2.45) is 0 Å². The van der Waals surface area contributed by atoms with E-state index in [0.717, 1.165) is 20.8 Å². The van der Waals surface area contributed by atoms with E-state index in [9.17, 15) is 23.1 Å². The van der Waals surface area contributed by atoms with E-state index in [2.05, 4.69) is 10.3 Å². The van der Waals surface area contributed by atoms with Crippen molar-refractivity contribution in [2.75, 3.05) is 18.5 Å². The molecule has 1 fully saturated rings. The molecule has 0 spiro atoms. The van der Waals surface area contributed by atoms with Gasteiger partial charge in [0.1, 0.15) is 6.04 Å². The zero-order valence-electron chi connectivity index (χ0n) is 18.8. The predicted octanol–water partition coefficient (Wildman–Crippen LogP) is 2.16. The SMILES string of the molecule is Cc1ccc(S(=O)(=O)N2CC(O)C[C@H]2C(=O)OCC(=O)Nc2cccc3ncccc23)cc1C. The second kappa shape index (κ2) is 9.49. The number of rotatable bonds is 6. The number of sulfonamides is 1. The summed E-state index contributed by atoms with van der Waals surface area (Å²) in [5, 5.41) is 13.5. The van der Waals surface area contributed by atoms with Gasteiger partial charge in [-0.3, -0.25) is 14.6 Å². The fourth-order valence-corrected chi connectivity index (χ4v) is 5.62. The molecule has 178 valence electrons. The van der Waals surface area contributed by atoms with Crippen molar-refractivity contribution in [1.82, 2.24) is 9.29 Å². The lowest BCUT2D eigenvalue weighted by Crippen LogP contribution is -2.42. The minimum atomic E-state index is -4.05. The normalized spacial score (nSPS) is 18.7. The number of amides is 1. The summed E-state index contributed by atoms with van der Waals surface area (Å²) in [6.07, 6.45) is 0.513. The maximum absolute atomic E-state index is 13.2. The second-order valence-corrected chi connectivity index (χ2v) is 10.1. The highest BCUT2D eigenvalue weighted by Gasteiger charge is 2.44. The Morgan fingerprint density at radius 1 is 1.15 bits per heavy atom. The average Bonchev–Trinajstić information content (AvgIpc) is 3.22. The number of hydrogen-bond donors (Lipinski definition) is 2. The Bertz CT molecular complexity index is 1350. The van der Waals surface area contributed by atoms with Gasteiger partial charge in [-0.1, -0.05) is 12.1 Å². The van der Waals surface area contributed by atoms with Crippen LogP contribution in [0.2, 0.25) is 0 Å². The van der Waals surface area contributed by atoms with E-state index >= 15 is 0 Å². The molecule has 2 aromatic carbocycles. The molecule has 0 radical (unpaired) electrons. The number of aliphatic hydroxyl groups excluding tert-OH is 1. The third kappa shape index (κ3) is 4.79. The third-order valence-corrected chi connectivity index (χ3v) is 7.73. The van der Waals surface area contributed by atoms with Gasteiger partial charge in [0.05, 0.1) is 22.2 Å². The second-order valence-electron chi connectivity index (χ2n) is 8.26. The van der Waals surface area contributed by atoms with Crippen molar-refractivity contribution in [3.8, 4) is 0 Å². The van der Waals surface area contributed by atoms with Crippen LogP contribution >= 0.6 is 0 Å². The molecular weight excluding hydrogens is 458 g/mol. The monoisotopic (exact) mass is 483 g/mol. The van der Waals surface area contributed by atoms with Gasteiger partial charge in [-0.05, 0) is 61.4 Å². The zero-order chi connectivity index (χ0) is 24.5. The average molecular weight is 484 g/mol. The quantitative estimate of drug-likeness (QED) is 0.515. The summed E-state index contributed by atoms with van der Waals surface area (Å²) in [6.45, 7) is 2.83. The van der Waals surface area contributed by atoms with E-state index in [4.69, 9.17) is 4.74 Å². The first-order chi connectivity index (χ1) is 16.2. The first kappa shape index (κ1) is 23.8. The number of aryl methyl sites for hydroxylation is 2. The van der Waals surface area contributed by atoms with Gasteiger partial charge in [-0.15, -0.1) is 0 Å². The summed E-state index contributed by atoms with van der Waals surface area (Å²) in [6, 6.07) is 12.3. The number of carbonyl (C=O) groups is 2. The maximum atomic E-state index is 13.2. The van der Waals surface area contributed by atoms with Crippen LogP contribution in [0, 0.1) is 13.8 Å². The van der Waals surface area contributed by atoms with Gasteiger partial charge >= 0.3 is 5.97 Å². The molecule has 10 heteroatoms. The molecule has 0 aliphatic carbocycles. The fraction of sp³-hybridized carbons (Fsp3) is 0.292. The van der Waals surface area contributed by atoms with Gasteiger partial charge in [0.25, 0.3) is 5.91 Å². The van der Waals surface area contributed by atoms with E-state index in [1.807, 2.05) is 6.92 Å². The third-order valence-electron chi connectivity index (χ3n) is 5.86. The predicted molar refractivity (Wildman–Crippen MR) is 126 cm³/mol. The Kier molecular flexibility index (Phi) is 6.65. The Labute approximate surface area is 197 Å².